The molecule has 0 spiro atoms. The number of carbonyl (C=O) groups is 2. The molecule has 3 N–H and O–H groups in total. The number of hydrogen-bond donors (Lipinski definition) is 2. The van der Waals surface area contributed by atoms with Crippen LogP contribution in [0.2, 0.25) is 0 Å². The average Bonchev–Trinajstić information content (AvgIpc) is 2.89. The van der Waals surface area contributed by atoms with E-state index in [2.05, 4.69) is 10.3 Å². The molecule has 0 aliphatic rings. The van der Waals surface area contributed by atoms with Gasteiger partial charge in [-0.3, -0.25) is 14.5 Å². The minimum Gasteiger partial charge on any atom is -0.369 e. The van der Waals surface area contributed by atoms with Gasteiger partial charge < -0.3 is 11.1 Å². The number of aromatic nitrogens is 1. The Morgan fingerprint density at radius 3 is 2.70 bits per heavy atom. The van der Waals surface area contributed by atoms with Gasteiger partial charge in [-0.1, -0.05) is 0 Å². The van der Waals surface area contributed by atoms with Crippen molar-refractivity contribution in [2.24, 2.45) is 5.73 Å². The number of anilines is 1. The van der Waals surface area contributed by atoms with E-state index in [-0.39, 0.29) is 19.0 Å². The lowest BCUT2D eigenvalue weighted by Crippen LogP contribution is -2.36. The van der Waals surface area contributed by atoms with Gasteiger partial charge in [0.15, 0.2) is 16.8 Å². The monoisotopic (exact) mass is 340 g/mol. The first kappa shape index (κ1) is 17.0. The van der Waals surface area contributed by atoms with Crippen LogP contribution in [0.5, 0.6) is 0 Å². The third-order valence-electron chi connectivity index (χ3n) is 2.81. The second-order valence-corrected chi connectivity index (χ2v) is 5.71. The van der Waals surface area contributed by atoms with E-state index in [1.54, 1.807) is 12.4 Å². The summed E-state index contributed by atoms with van der Waals surface area (Å²) in [4.78, 5) is 28.2. The number of rotatable bonds is 6. The van der Waals surface area contributed by atoms with Gasteiger partial charge in [-0.25, -0.2) is 13.8 Å². The number of benzene rings is 1. The number of nitrogens with zero attached hydrogens (tertiary/aromatic N) is 2. The van der Waals surface area contributed by atoms with Crippen LogP contribution in [0.3, 0.4) is 0 Å². The molecule has 122 valence electrons. The van der Waals surface area contributed by atoms with Crippen LogP contribution >= 0.6 is 11.3 Å². The number of halogens is 2. The van der Waals surface area contributed by atoms with Crippen LogP contribution in [0.25, 0.3) is 11.3 Å². The number of carbonyl (C=O) groups excluding carboxylic acids is 2. The van der Waals surface area contributed by atoms with Gasteiger partial charge in [-0.05, 0) is 25.2 Å². The molecule has 0 aliphatic carbocycles. The SMILES string of the molecule is CN(CC(N)=O)CC(=O)Nc1nc(-c2ccc(F)c(F)c2)cs1. The Morgan fingerprint density at radius 2 is 2.04 bits per heavy atom. The fourth-order valence-electron chi connectivity index (χ4n) is 1.85. The summed E-state index contributed by atoms with van der Waals surface area (Å²) in [5.74, 6) is -2.79. The van der Waals surface area contributed by atoms with Crippen LogP contribution in [0.1, 0.15) is 0 Å². The Bertz CT molecular complexity index is 735. The van der Waals surface area contributed by atoms with Crippen molar-refractivity contribution in [1.82, 2.24) is 9.88 Å². The second-order valence-electron chi connectivity index (χ2n) is 4.85. The first-order valence-corrected chi connectivity index (χ1v) is 7.41. The normalized spacial score (nSPS) is 10.8. The topological polar surface area (TPSA) is 88.3 Å². The number of likely N-dealkylation sites (N-methyl/N-ethyl adjacent to an activating group) is 1. The van der Waals surface area contributed by atoms with Crippen molar-refractivity contribution in [2.75, 3.05) is 25.5 Å². The first-order chi connectivity index (χ1) is 10.8. The van der Waals surface area contributed by atoms with Gasteiger partial charge in [-0.2, -0.15) is 0 Å². The van der Waals surface area contributed by atoms with Gasteiger partial charge >= 0.3 is 0 Å². The minimum atomic E-state index is -0.964. The van der Waals surface area contributed by atoms with Crippen LogP contribution in [0.15, 0.2) is 23.6 Å². The van der Waals surface area contributed by atoms with Crippen molar-refractivity contribution in [1.29, 1.82) is 0 Å². The first-order valence-electron chi connectivity index (χ1n) is 6.53. The summed E-state index contributed by atoms with van der Waals surface area (Å²) >= 11 is 1.15. The fraction of sp³-hybridized carbons (Fsp3) is 0.214. The summed E-state index contributed by atoms with van der Waals surface area (Å²) in [5.41, 5.74) is 5.87. The van der Waals surface area contributed by atoms with E-state index in [1.807, 2.05) is 0 Å². The van der Waals surface area contributed by atoms with Crippen LogP contribution in [0.4, 0.5) is 13.9 Å². The van der Waals surface area contributed by atoms with Crippen LogP contribution in [-0.4, -0.2) is 41.8 Å². The molecule has 2 rings (SSSR count). The molecule has 0 saturated heterocycles. The molecule has 6 nitrogen and oxygen atoms in total. The molecule has 0 atom stereocenters. The van der Waals surface area contributed by atoms with Gasteiger partial charge in [0.05, 0.1) is 18.8 Å². The summed E-state index contributed by atoms with van der Waals surface area (Å²) in [6.45, 7) is -0.0611. The van der Waals surface area contributed by atoms with Gasteiger partial charge in [-0.15, -0.1) is 11.3 Å². The Kier molecular flexibility index (Phi) is 5.35. The molecule has 0 saturated carbocycles. The largest absolute Gasteiger partial charge is 0.369 e. The summed E-state index contributed by atoms with van der Waals surface area (Å²) in [6, 6.07) is 3.46. The molecule has 0 radical (unpaired) electrons. The fourth-order valence-corrected chi connectivity index (χ4v) is 2.58. The third kappa shape index (κ3) is 4.80. The maximum Gasteiger partial charge on any atom is 0.240 e. The maximum atomic E-state index is 13.2. The Hall–Kier alpha value is -2.39. The number of hydrogen-bond acceptors (Lipinski definition) is 5. The third-order valence-corrected chi connectivity index (χ3v) is 3.56. The lowest BCUT2D eigenvalue weighted by atomic mass is 10.2. The van der Waals surface area contributed by atoms with Crippen molar-refractivity contribution >= 4 is 28.3 Å². The van der Waals surface area contributed by atoms with Crippen molar-refractivity contribution in [3.63, 3.8) is 0 Å². The molecule has 0 fully saturated rings. The Morgan fingerprint density at radius 1 is 1.30 bits per heavy atom. The van der Waals surface area contributed by atoms with Gasteiger partial charge in [0.1, 0.15) is 0 Å². The molecule has 2 amide bonds. The van der Waals surface area contributed by atoms with E-state index in [9.17, 15) is 18.4 Å². The number of amides is 2. The van der Waals surface area contributed by atoms with Gasteiger partial charge in [0, 0.05) is 10.9 Å². The molecule has 1 aromatic carbocycles. The number of nitrogens with two attached hydrogens (primary N) is 1. The van der Waals surface area contributed by atoms with E-state index in [0.717, 1.165) is 23.5 Å². The van der Waals surface area contributed by atoms with E-state index >= 15 is 0 Å². The number of thiazole rings is 1. The smallest absolute Gasteiger partial charge is 0.240 e. The highest BCUT2D eigenvalue weighted by Gasteiger charge is 2.12. The molecule has 1 heterocycles. The highest BCUT2D eigenvalue weighted by molar-refractivity contribution is 7.14. The number of nitrogens with one attached hydrogen (secondary N) is 1. The standard InChI is InChI=1S/C14H14F2N4O2S/c1-20(5-12(17)21)6-13(22)19-14-18-11(7-23-14)8-2-3-9(15)10(16)4-8/h2-4,7H,5-6H2,1H3,(H2,17,21)(H,18,19,22). The van der Waals surface area contributed by atoms with Crippen molar-refractivity contribution < 1.29 is 18.4 Å². The van der Waals surface area contributed by atoms with Crippen LogP contribution in [-0.2, 0) is 9.59 Å². The van der Waals surface area contributed by atoms with E-state index in [4.69, 9.17) is 5.73 Å². The predicted octanol–water partition coefficient (Wildman–Crippen LogP) is 1.44. The highest BCUT2D eigenvalue weighted by atomic mass is 32.1. The molecule has 23 heavy (non-hydrogen) atoms. The maximum absolute atomic E-state index is 13.2. The zero-order chi connectivity index (χ0) is 17.0. The lowest BCUT2D eigenvalue weighted by molar-refractivity contribution is -0.120. The summed E-state index contributed by atoms with van der Waals surface area (Å²) in [7, 11) is 1.58. The second kappa shape index (κ2) is 7.25. The Labute approximate surface area is 134 Å². The van der Waals surface area contributed by atoms with Crippen LogP contribution < -0.4 is 11.1 Å². The van der Waals surface area contributed by atoms with Crippen molar-refractivity contribution in [2.45, 2.75) is 0 Å². The quantitative estimate of drug-likeness (QED) is 0.833. The average molecular weight is 340 g/mol. The molecule has 0 unspecified atom stereocenters. The summed E-state index contributed by atoms with van der Waals surface area (Å²) < 4.78 is 26.1. The van der Waals surface area contributed by atoms with Crippen molar-refractivity contribution in [3.05, 3.63) is 35.2 Å². The molecule has 0 aliphatic heterocycles. The molecular weight excluding hydrogens is 326 g/mol. The lowest BCUT2D eigenvalue weighted by Gasteiger charge is -2.12. The number of primary amides is 1. The molecule has 1 aromatic heterocycles. The molecule has 0 bridgehead atoms. The van der Waals surface area contributed by atoms with E-state index in [1.165, 1.54) is 11.0 Å². The molecule has 9 heteroatoms. The minimum absolute atomic E-state index is 0.0248. The van der Waals surface area contributed by atoms with Crippen molar-refractivity contribution in [3.8, 4) is 11.3 Å². The van der Waals surface area contributed by atoms with E-state index in [0.29, 0.717) is 16.4 Å². The van der Waals surface area contributed by atoms with Gasteiger partial charge in [0.25, 0.3) is 0 Å². The van der Waals surface area contributed by atoms with E-state index < -0.39 is 17.5 Å². The zero-order valence-electron chi connectivity index (χ0n) is 12.2. The van der Waals surface area contributed by atoms with Gasteiger partial charge in [0.2, 0.25) is 11.8 Å². The predicted molar refractivity (Wildman–Crippen MR) is 82.8 cm³/mol. The highest BCUT2D eigenvalue weighted by Crippen LogP contribution is 2.26. The summed E-state index contributed by atoms with van der Waals surface area (Å²) in [5, 5.41) is 4.51. The zero-order valence-corrected chi connectivity index (χ0v) is 13.0. The Balaban J connectivity index is 2.00. The summed E-state index contributed by atoms with van der Waals surface area (Å²) in [6.07, 6.45) is 0. The van der Waals surface area contributed by atoms with Crippen LogP contribution in [0, 0.1) is 11.6 Å². The molecule has 2 aromatic rings. The molecular formula is C14H14F2N4O2S.